The summed E-state index contributed by atoms with van der Waals surface area (Å²) in [7, 11) is 0. The Bertz CT molecular complexity index is 217. The van der Waals surface area contributed by atoms with Crippen LogP contribution in [0.3, 0.4) is 0 Å². The van der Waals surface area contributed by atoms with E-state index in [-0.39, 0.29) is 27.1 Å². The third-order valence-corrected chi connectivity index (χ3v) is 0.970. The number of rotatable bonds is 0. The average molecular weight is 353 g/mol. The minimum Gasteiger partial charge on any atom is -0.665 e. The quantitative estimate of drug-likeness (QED) is 0.661. The van der Waals surface area contributed by atoms with Crippen molar-refractivity contribution in [1.29, 1.82) is 0 Å². The molecule has 0 radical (unpaired) electrons. The van der Waals surface area contributed by atoms with E-state index in [1.54, 1.807) is 6.07 Å². The largest absolute Gasteiger partial charge is 0.665 e. The average Bonchev–Trinajstić information content (AvgIpc) is 1.84. The van der Waals surface area contributed by atoms with Crippen LogP contribution in [0.2, 0.25) is 0 Å². The first-order chi connectivity index (χ1) is 5.60. The van der Waals surface area contributed by atoms with Crippen LogP contribution in [0, 0.1) is 13.8 Å². The Labute approximate surface area is 90.1 Å². The van der Waals surface area contributed by atoms with Gasteiger partial charge in [0.1, 0.15) is 0 Å². The van der Waals surface area contributed by atoms with Crippen molar-refractivity contribution < 1.29 is 36.1 Å². The number of aryl methyl sites for hydroxylation is 2. The van der Waals surface area contributed by atoms with Crippen LogP contribution in [0.5, 0.6) is 6.01 Å². The van der Waals surface area contributed by atoms with E-state index in [4.69, 9.17) is 15.0 Å². The summed E-state index contributed by atoms with van der Waals surface area (Å²) in [4.78, 5) is 15.6. The third-order valence-electron chi connectivity index (χ3n) is 0.970. The molecule has 0 aliphatic carbocycles. The second kappa shape index (κ2) is 7.68. The third kappa shape index (κ3) is 7.40. The molecule has 0 aliphatic heterocycles. The molecule has 1 aromatic rings. The summed E-state index contributed by atoms with van der Waals surface area (Å²) < 4.78 is 0. The molecule has 0 unspecified atom stereocenters. The van der Waals surface area contributed by atoms with Crippen molar-refractivity contribution in [3.05, 3.63) is 17.5 Å². The molecule has 0 bridgehead atoms. The Morgan fingerprint density at radius 3 is 1.85 bits per heavy atom. The first-order valence-corrected chi connectivity index (χ1v) is 3.12. The van der Waals surface area contributed by atoms with E-state index in [1.807, 2.05) is 13.8 Å². The van der Waals surface area contributed by atoms with Crippen LogP contribution in [0.4, 0.5) is 0 Å². The Morgan fingerprint density at radius 2 is 1.62 bits per heavy atom. The summed E-state index contributed by atoms with van der Waals surface area (Å²) in [5.41, 5.74) is 1.58. The maximum Gasteiger partial charge on any atom is 0.314 e. The maximum absolute atomic E-state index is 8.77. The fourth-order valence-electron chi connectivity index (χ4n) is 0.707. The predicted molar refractivity (Wildman–Crippen MR) is 41.5 cm³/mol. The molecule has 0 aliphatic rings. The van der Waals surface area contributed by atoms with Gasteiger partial charge in [-0.05, 0) is 19.9 Å². The van der Waals surface area contributed by atoms with E-state index >= 15 is 0 Å². The summed E-state index contributed by atoms with van der Waals surface area (Å²) in [6, 6.07) is 1.66. The Morgan fingerprint density at radius 1 is 1.31 bits per heavy atom. The van der Waals surface area contributed by atoms with Gasteiger partial charge in [-0.3, -0.25) is 0 Å². The van der Waals surface area contributed by atoms with Gasteiger partial charge in [-0.2, -0.15) is 0 Å². The molecule has 5 nitrogen and oxygen atoms in total. The van der Waals surface area contributed by atoms with E-state index in [2.05, 4.69) is 9.97 Å². The molecule has 0 amide bonds. The summed E-state index contributed by atoms with van der Waals surface area (Å²) in [6.07, 6.45) is 0. The topological polar surface area (TPSA) is 83.3 Å². The molecule has 0 aromatic carbocycles. The monoisotopic (exact) mass is 353 g/mol. The molecule has 72 valence electrons. The zero-order valence-electron chi connectivity index (χ0n) is 7.18. The minimum atomic E-state index is -0.146. The van der Waals surface area contributed by atoms with Crippen LogP contribution in [0.25, 0.3) is 0 Å². The zero-order chi connectivity index (χ0) is 9.56. The van der Waals surface area contributed by atoms with Gasteiger partial charge in [-0.1, -0.05) is 6.47 Å². The minimum absolute atomic E-state index is 0. The molecule has 0 saturated carbocycles. The van der Waals surface area contributed by atoms with E-state index in [0.717, 1.165) is 11.4 Å². The Kier molecular flexibility index (Phi) is 8.59. The smallest absolute Gasteiger partial charge is 0.314 e. The molecule has 0 atom stereocenters. The van der Waals surface area contributed by atoms with Crippen molar-refractivity contribution in [3.8, 4) is 6.01 Å². The summed E-state index contributed by atoms with van der Waals surface area (Å²) in [5, 5.41) is 15.5. The molecule has 6 heteroatoms. The van der Waals surface area contributed by atoms with Crippen molar-refractivity contribution in [2.45, 2.75) is 13.8 Å². The molecule has 2 N–H and O–H groups in total. The molecule has 13 heavy (non-hydrogen) atoms. The van der Waals surface area contributed by atoms with E-state index < -0.39 is 0 Å². The summed E-state index contributed by atoms with van der Waals surface area (Å²) >= 11 is 0. The molecule has 1 aromatic heterocycles. The van der Waals surface area contributed by atoms with Crippen LogP contribution in [0.1, 0.15) is 11.4 Å². The Balaban J connectivity index is 0. The van der Waals surface area contributed by atoms with Crippen molar-refractivity contribution in [1.82, 2.24) is 9.97 Å². The van der Waals surface area contributed by atoms with Gasteiger partial charge in [0.25, 0.3) is 0 Å². The van der Waals surface area contributed by atoms with Crippen LogP contribution in [0.15, 0.2) is 6.07 Å². The Hall–Kier alpha value is -0.962. The molecule has 0 saturated heterocycles. The summed E-state index contributed by atoms with van der Waals surface area (Å²) in [5.74, 6) is 0. The van der Waals surface area contributed by atoms with Gasteiger partial charge in [0.2, 0.25) is 0 Å². The van der Waals surface area contributed by atoms with Gasteiger partial charge < -0.3 is 15.0 Å². The van der Waals surface area contributed by atoms with Crippen molar-refractivity contribution in [2.75, 3.05) is 0 Å². The first-order valence-electron chi connectivity index (χ1n) is 3.12. The SMILES string of the molecule is Cc1cc(C)nc(O)n1.O=[C-]O.[W]. The van der Waals surface area contributed by atoms with Gasteiger partial charge >= 0.3 is 6.01 Å². The zero-order valence-corrected chi connectivity index (χ0v) is 10.1. The predicted octanol–water partition coefficient (Wildman–Crippen LogP) is 0.408. The van der Waals surface area contributed by atoms with Gasteiger partial charge in [0, 0.05) is 32.5 Å². The van der Waals surface area contributed by atoms with Crippen LogP contribution >= 0.6 is 0 Å². The number of hydrogen-bond acceptors (Lipinski definition) is 4. The number of aromatic nitrogens is 2. The molecule has 0 fully saturated rings. The fraction of sp³-hybridized carbons (Fsp3) is 0.286. The van der Waals surface area contributed by atoms with Gasteiger partial charge in [-0.25, -0.2) is 9.97 Å². The second-order valence-corrected chi connectivity index (χ2v) is 2.04. The fourth-order valence-corrected chi connectivity index (χ4v) is 0.707. The normalized spacial score (nSPS) is 7.54. The van der Waals surface area contributed by atoms with Crippen LogP contribution < -0.4 is 0 Å². The van der Waals surface area contributed by atoms with Crippen molar-refractivity contribution in [3.63, 3.8) is 0 Å². The molecule has 1 rings (SSSR count). The van der Waals surface area contributed by atoms with Crippen LogP contribution in [-0.4, -0.2) is 26.7 Å². The first kappa shape index (κ1) is 14.6. The standard InChI is InChI=1S/C6H8N2O.CHO2.W/c1-4-3-5(2)8-6(9)7-4;2-1-3;/h3H,1-2H3,(H,7,8,9);(H,2,3);/q;-1;. The van der Waals surface area contributed by atoms with Crippen molar-refractivity contribution >= 4 is 6.47 Å². The number of hydrogen-bond donors (Lipinski definition) is 2. The molecular weight excluding hydrogens is 344 g/mol. The van der Waals surface area contributed by atoms with Gasteiger partial charge in [-0.15, -0.1) is 0 Å². The van der Waals surface area contributed by atoms with E-state index in [9.17, 15) is 0 Å². The number of aliphatic hydroxyl groups excluding tert-OH is 1. The maximum atomic E-state index is 8.77. The molecule has 1 heterocycles. The molecular formula is C7H9N2O3W-. The van der Waals surface area contributed by atoms with Gasteiger partial charge in [0.15, 0.2) is 0 Å². The van der Waals surface area contributed by atoms with Gasteiger partial charge in [0.05, 0.1) is 0 Å². The second-order valence-electron chi connectivity index (χ2n) is 2.04. The molecule has 0 spiro atoms. The van der Waals surface area contributed by atoms with Crippen LogP contribution in [-0.2, 0) is 25.9 Å². The summed E-state index contributed by atoms with van der Waals surface area (Å²) in [6.45, 7) is 4.13. The number of nitrogens with zero attached hydrogens (tertiary/aromatic N) is 2. The van der Waals surface area contributed by atoms with Crippen molar-refractivity contribution in [2.24, 2.45) is 0 Å². The van der Waals surface area contributed by atoms with E-state index in [0.29, 0.717) is 6.47 Å². The number of aromatic hydroxyl groups is 1. The van der Waals surface area contributed by atoms with E-state index in [1.165, 1.54) is 0 Å².